The lowest BCUT2D eigenvalue weighted by Gasteiger charge is -2.28. The number of carbonyl (C=O) groups is 2. The Morgan fingerprint density at radius 3 is 1.96 bits per heavy atom. The van der Waals surface area contributed by atoms with Crippen LogP contribution in [0.15, 0.2) is 35.2 Å². The molecule has 0 unspecified atom stereocenters. The van der Waals surface area contributed by atoms with E-state index in [0.29, 0.717) is 0 Å². The number of sulfone groups is 1. The first-order valence-electron chi connectivity index (χ1n) is 8.48. The van der Waals surface area contributed by atoms with Crippen LogP contribution in [0, 0.1) is 0 Å². The molecule has 0 bridgehead atoms. The van der Waals surface area contributed by atoms with Crippen LogP contribution >= 0.6 is 0 Å². The summed E-state index contributed by atoms with van der Waals surface area (Å²) in [5, 5.41) is 0.805. The van der Waals surface area contributed by atoms with Crippen LogP contribution in [0.5, 0.6) is 0 Å². The third-order valence-electron chi connectivity index (χ3n) is 2.92. The van der Waals surface area contributed by atoms with Crippen molar-refractivity contribution >= 4 is 22.0 Å². The van der Waals surface area contributed by atoms with E-state index in [4.69, 9.17) is 9.47 Å². The molecule has 0 atom stereocenters. The van der Waals surface area contributed by atoms with Crippen molar-refractivity contribution in [3.63, 3.8) is 0 Å². The molecule has 27 heavy (non-hydrogen) atoms. The van der Waals surface area contributed by atoms with E-state index in [1.807, 2.05) is 0 Å². The molecule has 1 aromatic rings. The molecule has 1 rings (SSSR count). The van der Waals surface area contributed by atoms with Crippen LogP contribution in [0.3, 0.4) is 0 Å². The van der Waals surface area contributed by atoms with Gasteiger partial charge in [-0.2, -0.15) is 0 Å². The van der Waals surface area contributed by atoms with Crippen LogP contribution in [0.4, 0.5) is 9.59 Å². The van der Waals surface area contributed by atoms with Crippen molar-refractivity contribution in [1.29, 1.82) is 0 Å². The van der Waals surface area contributed by atoms with Gasteiger partial charge in [0, 0.05) is 0 Å². The number of rotatable bonds is 4. The number of nitrogens with one attached hydrogen (secondary N) is 1. The van der Waals surface area contributed by atoms with Crippen LogP contribution < -0.4 is 5.43 Å². The van der Waals surface area contributed by atoms with Gasteiger partial charge in [-0.1, -0.05) is 18.2 Å². The Bertz CT molecular complexity index is 748. The lowest BCUT2D eigenvalue weighted by molar-refractivity contribution is 0.00280. The second kappa shape index (κ2) is 8.60. The number of hydrazine groups is 1. The number of carbonyl (C=O) groups excluding carboxylic acids is 2. The Balaban J connectivity index is 2.90. The number of hydrogen-bond acceptors (Lipinski definition) is 6. The van der Waals surface area contributed by atoms with Gasteiger partial charge in [-0.25, -0.2) is 28.4 Å². The Kier molecular flexibility index (Phi) is 7.25. The van der Waals surface area contributed by atoms with E-state index in [-0.39, 0.29) is 11.4 Å². The first kappa shape index (κ1) is 22.8. The number of benzene rings is 1. The van der Waals surface area contributed by atoms with Crippen molar-refractivity contribution < 1.29 is 27.5 Å². The second-order valence-electron chi connectivity index (χ2n) is 7.88. The second-order valence-corrected chi connectivity index (χ2v) is 9.99. The molecule has 0 aliphatic rings. The maximum Gasteiger partial charge on any atom is 0.429 e. The molecule has 152 valence electrons. The molecule has 8 nitrogen and oxygen atoms in total. The maximum atomic E-state index is 12.4. The number of ether oxygens (including phenoxy) is 2. The average molecular weight is 400 g/mol. The zero-order valence-corrected chi connectivity index (χ0v) is 17.4. The van der Waals surface area contributed by atoms with Gasteiger partial charge >= 0.3 is 12.2 Å². The fraction of sp³-hybridized carbons (Fsp3) is 0.556. The van der Waals surface area contributed by atoms with Gasteiger partial charge in [0.25, 0.3) is 0 Å². The Morgan fingerprint density at radius 2 is 1.48 bits per heavy atom. The molecule has 0 saturated carbocycles. The normalized spacial score (nSPS) is 12.2. The fourth-order valence-corrected chi connectivity index (χ4v) is 3.11. The number of amides is 2. The summed E-state index contributed by atoms with van der Waals surface area (Å²) in [6, 6.07) is 7.86. The smallest absolute Gasteiger partial charge is 0.429 e. The highest BCUT2D eigenvalue weighted by molar-refractivity contribution is 7.91. The van der Waals surface area contributed by atoms with Crippen molar-refractivity contribution in [1.82, 2.24) is 10.4 Å². The van der Waals surface area contributed by atoms with E-state index in [1.54, 1.807) is 59.7 Å². The van der Waals surface area contributed by atoms with Crippen LogP contribution in [-0.2, 0) is 19.3 Å². The van der Waals surface area contributed by atoms with E-state index in [9.17, 15) is 18.0 Å². The van der Waals surface area contributed by atoms with Crippen molar-refractivity contribution in [3.05, 3.63) is 30.3 Å². The summed E-state index contributed by atoms with van der Waals surface area (Å²) in [6.07, 6.45) is -1.76. The third kappa shape index (κ3) is 8.76. The van der Waals surface area contributed by atoms with E-state index in [0.717, 1.165) is 5.01 Å². The van der Waals surface area contributed by atoms with E-state index in [2.05, 4.69) is 5.43 Å². The highest BCUT2D eigenvalue weighted by Crippen LogP contribution is 2.13. The molecule has 9 heteroatoms. The SMILES string of the molecule is CC(C)(C)OC(=O)NN(CCS(=O)(=O)c1ccccc1)C(=O)OC(C)(C)C. The van der Waals surface area contributed by atoms with Gasteiger partial charge in [-0.3, -0.25) is 0 Å². The molecular formula is C18H28N2O6S. The molecule has 1 aromatic carbocycles. The third-order valence-corrected chi connectivity index (χ3v) is 4.64. The van der Waals surface area contributed by atoms with Gasteiger partial charge in [-0.05, 0) is 53.7 Å². The summed E-state index contributed by atoms with van der Waals surface area (Å²) in [5.41, 5.74) is 0.659. The Morgan fingerprint density at radius 1 is 0.963 bits per heavy atom. The summed E-state index contributed by atoms with van der Waals surface area (Å²) in [4.78, 5) is 24.5. The Labute approximate surface area is 160 Å². The first-order chi connectivity index (χ1) is 12.2. The van der Waals surface area contributed by atoms with Gasteiger partial charge in [0.05, 0.1) is 17.2 Å². The standard InChI is InChI=1S/C18H28N2O6S/c1-17(2,3)25-15(21)19-20(16(22)26-18(4,5)6)12-13-27(23,24)14-10-8-7-9-11-14/h7-11H,12-13H2,1-6H3,(H,19,21). The van der Waals surface area contributed by atoms with Gasteiger partial charge < -0.3 is 9.47 Å². The topological polar surface area (TPSA) is 102 Å². The summed E-state index contributed by atoms with van der Waals surface area (Å²) in [6.45, 7) is 9.70. The molecule has 0 aliphatic carbocycles. The van der Waals surface area contributed by atoms with Crippen LogP contribution in [-0.4, -0.2) is 49.1 Å². The summed E-state index contributed by atoms with van der Waals surface area (Å²) in [7, 11) is -3.65. The predicted octanol–water partition coefficient (Wildman–Crippen LogP) is 3.14. The molecule has 2 amide bonds. The molecule has 0 spiro atoms. The molecule has 0 saturated heterocycles. The maximum absolute atomic E-state index is 12.4. The van der Waals surface area contributed by atoms with Gasteiger partial charge in [0.2, 0.25) is 0 Å². The molecule has 0 fully saturated rings. The minimum atomic E-state index is -3.65. The minimum Gasteiger partial charge on any atom is -0.443 e. The first-order valence-corrected chi connectivity index (χ1v) is 10.1. The van der Waals surface area contributed by atoms with Crippen LogP contribution in [0.1, 0.15) is 41.5 Å². The number of hydrogen-bond donors (Lipinski definition) is 1. The highest BCUT2D eigenvalue weighted by Gasteiger charge is 2.27. The van der Waals surface area contributed by atoms with Crippen molar-refractivity contribution in [2.75, 3.05) is 12.3 Å². The van der Waals surface area contributed by atoms with E-state index in [1.165, 1.54) is 12.1 Å². The molecule has 0 aliphatic heterocycles. The summed E-state index contributed by atoms with van der Waals surface area (Å²) >= 11 is 0. The zero-order chi connectivity index (χ0) is 20.9. The van der Waals surface area contributed by atoms with Crippen LogP contribution in [0.25, 0.3) is 0 Å². The summed E-state index contributed by atoms with van der Waals surface area (Å²) in [5.74, 6) is -0.397. The largest absolute Gasteiger partial charge is 0.443 e. The molecule has 1 N–H and O–H groups in total. The lowest BCUT2D eigenvalue weighted by Crippen LogP contribution is -2.51. The van der Waals surface area contributed by atoms with Gasteiger partial charge in [-0.15, -0.1) is 0 Å². The molecule has 0 aromatic heterocycles. The predicted molar refractivity (Wildman–Crippen MR) is 101 cm³/mol. The highest BCUT2D eigenvalue weighted by atomic mass is 32.2. The molecule has 0 radical (unpaired) electrons. The Hall–Kier alpha value is -2.29. The quantitative estimate of drug-likeness (QED) is 0.779. The fourth-order valence-electron chi connectivity index (χ4n) is 1.88. The van der Waals surface area contributed by atoms with E-state index >= 15 is 0 Å². The van der Waals surface area contributed by atoms with Crippen molar-refractivity contribution in [2.24, 2.45) is 0 Å². The van der Waals surface area contributed by atoms with Gasteiger partial charge in [0.15, 0.2) is 9.84 Å². The monoisotopic (exact) mass is 400 g/mol. The molecule has 0 heterocycles. The van der Waals surface area contributed by atoms with E-state index < -0.39 is 39.0 Å². The van der Waals surface area contributed by atoms with Crippen molar-refractivity contribution in [3.8, 4) is 0 Å². The van der Waals surface area contributed by atoms with Crippen molar-refractivity contribution in [2.45, 2.75) is 57.6 Å². The summed E-state index contributed by atoms with van der Waals surface area (Å²) < 4.78 is 35.2. The number of nitrogens with zero attached hydrogens (tertiary/aromatic N) is 1. The van der Waals surface area contributed by atoms with Gasteiger partial charge in [0.1, 0.15) is 11.2 Å². The zero-order valence-electron chi connectivity index (χ0n) is 16.6. The van der Waals surface area contributed by atoms with Crippen LogP contribution in [0.2, 0.25) is 0 Å². The average Bonchev–Trinajstić information content (AvgIpc) is 2.48. The lowest BCUT2D eigenvalue weighted by atomic mass is 10.2. The molecular weight excluding hydrogens is 372 g/mol. The minimum absolute atomic E-state index is 0.131.